The zero-order valence-corrected chi connectivity index (χ0v) is 16.1. The van der Waals surface area contributed by atoms with Gasteiger partial charge in [0.2, 0.25) is 0 Å². The van der Waals surface area contributed by atoms with Crippen LogP contribution < -0.4 is 0 Å². The maximum absolute atomic E-state index is 2.31. The van der Waals surface area contributed by atoms with Crippen LogP contribution in [0.5, 0.6) is 0 Å². The Kier molecular flexibility index (Phi) is 7.56. The van der Waals surface area contributed by atoms with Crippen molar-refractivity contribution < 1.29 is 0 Å². The number of benzene rings is 2. The number of rotatable bonds is 9. The van der Waals surface area contributed by atoms with E-state index >= 15 is 0 Å². The quantitative estimate of drug-likeness (QED) is 0.421. The van der Waals surface area contributed by atoms with E-state index in [1.165, 1.54) is 84.7 Å². The van der Waals surface area contributed by atoms with Crippen LogP contribution in [0.2, 0.25) is 0 Å². The van der Waals surface area contributed by atoms with Gasteiger partial charge in [0.15, 0.2) is 0 Å². The summed E-state index contributed by atoms with van der Waals surface area (Å²) in [7, 11) is 0. The summed E-state index contributed by atoms with van der Waals surface area (Å²) in [4.78, 5) is 0. The van der Waals surface area contributed by atoms with E-state index < -0.39 is 0 Å². The van der Waals surface area contributed by atoms with Gasteiger partial charge in [0.05, 0.1) is 0 Å². The first kappa shape index (κ1) is 18.8. The fourth-order valence-corrected chi connectivity index (χ4v) is 3.62. The van der Waals surface area contributed by atoms with Gasteiger partial charge in [0, 0.05) is 0 Å². The molecular formula is C24H34. The van der Waals surface area contributed by atoms with Crippen molar-refractivity contribution in [3.8, 4) is 11.1 Å². The van der Waals surface area contributed by atoms with E-state index in [1.54, 1.807) is 0 Å². The third-order valence-corrected chi connectivity index (χ3v) is 5.28. The molecule has 2 aromatic carbocycles. The fraction of sp³-hybridized carbons (Fsp3) is 0.500. The molecule has 0 saturated carbocycles. The second kappa shape index (κ2) is 9.67. The third kappa shape index (κ3) is 4.72. The summed E-state index contributed by atoms with van der Waals surface area (Å²) >= 11 is 0. The Hall–Kier alpha value is -1.56. The van der Waals surface area contributed by atoms with Gasteiger partial charge in [-0.3, -0.25) is 0 Å². The highest BCUT2D eigenvalue weighted by molar-refractivity contribution is 5.72. The van der Waals surface area contributed by atoms with Crippen LogP contribution in [0.25, 0.3) is 11.1 Å². The first-order valence-electron chi connectivity index (χ1n) is 9.86. The van der Waals surface area contributed by atoms with Gasteiger partial charge >= 0.3 is 0 Å². The summed E-state index contributed by atoms with van der Waals surface area (Å²) in [5, 5.41) is 0. The van der Waals surface area contributed by atoms with Crippen LogP contribution in [0, 0.1) is 13.8 Å². The molecule has 0 amide bonds. The van der Waals surface area contributed by atoms with Crippen molar-refractivity contribution in [3.63, 3.8) is 0 Å². The molecular weight excluding hydrogens is 288 g/mol. The van der Waals surface area contributed by atoms with Crippen LogP contribution in [-0.4, -0.2) is 0 Å². The zero-order valence-electron chi connectivity index (χ0n) is 16.1. The lowest BCUT2D eigenvalue weighted by Crippen LogP contribution is -1.97. The molecule has 0 saturated heterocycles. The Bertz CT molecular complexity index is 579. The topological polar surface area (TPSA) is 0 Å². The number of unbranched alkanes of at least 4 members (excludes halogenated alkanes) is 4. The van der Waals surface area contributed by atoms with Gasteiger partial charge in [-0.25, -0.2) is 0 Å². The van der Waals surface area contributed by atoms with E-state index in [2.05, 4.69) is 64.1 Å². The predicted molar refractivity (Wildman–Crippen MR) is 108 cm³/mol. The second-order valence-corrected chi connectivity index (χ2v) is 7.09. The SMILES string of the molecule is CCCCCc1cccc(-c2cccc(CCCCC)c2C)c1C. The van der Waals surface area contributed by atoms with Gasteiger partial charge in [0.1, 0.15) is 0 Å². The fourth-order valence-electron chi connectivity index (χ4n) is 3.62. The Labute approximate surface area is 149 Å². The molecule has 0 radical (unpaired) electrons. The van der Waals surface area contributed by atoms with Gasteiger partial charge in [0.25, 0.3) is 0 Å². The van der Waals surface area contributed by atoms with E-state index in [9.17, 15) is 0 Å². The molecule has 0 aliphatic rings. The lowest BCUT2D eigenvalue weighted by molar-refractivity contribution is 0.715. The van der Waals surface area contributed by atoms with Crippen molar-refractivity contribution in [3.05, 3.63) is 58.7 Å². The number of aryl methyl sites for hydroxylation is 2. The third-order valence-electron chi connectivity index (χ3n) is 5.28. The van der Waals surface area contributed by atoms with Crippen LogP contribution in [0.15, 0.2) is 36.4 Å². The Morgan fingerprint density at radius 3 is 1.38 bits per heavy atom. The van der Waals surface area contributed by atoms with Crippen LogP contribution in [0.4, 0.5) is 0 Å². The summed E-state index contributed by atoms with van der Waals surface area (Å²) in [5.74, 6) is 0. The minimum Gasteiger partial charge on any atom is -0.0654 e. The second-order valence-electron chi connectivity index (χ2n) is 7.09. The van der Waals surface area contributed by atoms with Gasteiger partial charge in [-0.05, 0) is 72.9 Å². The Morgan fingerprint density at radius 1 is 0.583 bits per heavy atom. The molecule has 24 heavy (non-hydrogen) atoms. The monoisotopic (exact) mass is 322 g/mol. The smallest absolute Gasteiger partial charge is 0.0149 e. The summed E-state index contributed by atoms with van der Waals surface area (Å²) in [6, 6.07) is 13.7. The van der Waals surface area contributed by atoms with Gasteiger partial charge < -0.3 is 0 Å². The standard InChI is InChI=1S/C24H34/c1-5-7-9-13-21-15-11-17-23(19(21)3)24-18-12-16-22(20(24)4)14-10-8-6-2/h11-12,15-18H,5-10,13-14H2,1-4H3. The molecule has 0 aliphatic carbocycles. The predicted octanol–water partition coefficient (Wildman–Crippen LogP) is 7.44. The minimum absolute atomic E-state index is 1.21. The van der Waals surface area contributed by atoms with Crippen molar-refractivity contribution in [1.29, 1.82) is 0 Å². The molecule has 0 atom stereocenters. The van der Waals surface area contributed by atoms with Crippen LogP contribution in [0.3, 0.4) is 0 Å². The molecule has 0 nitrogen and oxygen atoms in total. The van der Waals surface area contributed by atoms with E-state index in [1.807, 2.05) is 0 Å². The molecule has 0 unspecified atom stereocenters. The zero-order chi connectivity index (χ0) is 17.4. The van der Waals surface area contributed by atoms with E-state index in [-0.39, 0.29) is 0 Å². The van der Waals surface area contributed by atoms with Crippen LogP contribution in [0.1, 0.15) is 74.6 Å². The summed E-state index contributed by atoms with van der Waals surface area (Å²) in [6.45, 7) is 9.16. The van der Waals surface area contributed by atoms with E-state index in [0.717, 1.165) is 0 Å². The summed E-state index contributed by atoms with van der Waals surface area (Å²) in [6.07, 6.45) is 10.3. The Balaban J connectivity index is 2.27. The highest BCUT2D eigenvalue weighted by Crippen LogP contribution is 2.31. The van der Waals surface area contributed by atoms with Crippen LogP contribution in [-0.2, 0) is 12.8 Å². The molecule has 2 rings (SSSR count). The largest absolute Gasteiger partial charge is 0.0654 e. The lowest BCUT2D eigenvalue weighted by Gasteiger charge is -2.16. The summed E-state index contributed by atoms with van der Waals surface area (Å²) < 4.78 is 0. The van der Waals surface area contributed by atoms with Crippen molar-refractivity contribution in [2.24, 2.45) is 0 Å². The molecule has 0 aliphatic heterocycles. The Morgan fingerprint density at radius 2 is 1.00 bits per heavy atom. The minimum atomic E-state index is 1.21. The van der Waals surface area contributed by atoms with Crippen molar-refractivity contribution >= 4 is 0 Å². The molecule has 0 aromatic heterocycles. The van der Waals surface area contributed by atoms with Crippen LogP contribution >= 0.6 is 0 Å². The normalized spacial score (nSPS) is 11.0. The molecule has 0 fully saturated rings. The molecule has 2 aromatic rings. The van der Waals surface area contributed by atoms with Gasteiger partial charge in [-0.1, -0.05) is 75.9 Å². The lowest BCUT2D eigenvalue weighted by atomic mass is 9.89. The first-order chi connectivity index (χ1) is 11.7. The highest BCUT2D eigenvalue weighted by Gasteiger charge is 2.10. The van der Waals surface area contributed by atoms with Crippen molar-refractivity contribution in [2.45, 2.75) is 79.1 Å². The maximum atomic E-state index is 2.31. The molecule has 130 valence electrons. The van der Waals surface area contributed by atoms with Gasteiger partial charge in [-0.15, -0.1) is 0 Å². The summed E-state index contributed by atoms with van der Waals surface area (Å²) in [5.41, 5.74) is 8.86. The van der Waals surface area contributed by atoms with Crippen molar-refractivity contribution in [1.82, 2.24) is 0 Å². The van der Waals surface area contributed by atoms with E-state index in [0.29, 0.717) is 0 Å². The van der Waals surface area contributed by atoms with Crippen molar-refractivity contribution in [2.75, 3.05) is 0 Å². The molecule has 0 spiro atoms. The first-order valence-corrected chi connectivity index (χ1v) is 9.86. The number of hydrogen-bond acceptors (Lipinski definition) is 0. The maximum Gasteiger partial charge on any atom is -0.0149 e. The van der Waals surface area contributed by atoms with Gasteiger partial charge in [-0.2, -0.15) is 0 Å². The van der Waals surface area contributed by atoms with E-state index in [4.69, 9.17) is 0 Å². The number of hydrogen-bond donors (Lipinski definition) is 0. The molecule has 0 heteroatoms. The molecule has 0 bridgehead atoms. The average Bonchev–Trinajstić information content (AvgIpc) is 2.59. The molecule has 0 N–H and O–H groups in total. The highest BCUT2D eigenvalue weighted by atomic mass is 14.1. The molecule has 0 heterocycles. The average molecular weight is 323 g/mol.